The predicted molar refractivity (Wildman–Crippen MR) is 97.8 cm³/mol. The first-order chi connectivity index (χ1) is 11.8. The summed E-state index contributed by atoms with van der Waals surface area (Å²) in [7, 11) is 0. The zero-order valence-electron chi connectivity index (χ0n) is 14.2. The maximum Gasteiger partial charge on any atom is 0.254 e. The van der Waals surface area contributed by atoms with Gasteiger partial charge in [0.25, 0.3) is 5.91 Å². The van der Waals surface area contributed by atoms with Gasteiger partial charge in [0.2, 0.25) is 0 Å². The fourth-order valence-electron chi connectivity index (χ4n) is 3.95. The van der Waals surface area contributed by atoms with Crippen LogP contribution < -0.4 is 5.32 Å². The average molecular weight is 362 g/mol. The Balaban J connectivity index is 0.00000182. The second kappa shape index (κ2) is 7.97. The highest BCUT2D eigenvalue weighted by Crippen LogP contribution is 2.28. The van der Waals surface area contributed by atoms with Crippen LogP contribution in [0.25, 0.3) is 0 Å². The number of hydrogen-bond donors (Lipinski definition) is 1. The SMILES string of the molecule is Cl.O=C(c1ccccc1Cn1cncn1)N1CC[C@@H]2CNC[C@@H]2CC1. The molecule has 2 aromatic rings. The van der Waals surface area contributed by atoms with Gasteiger partial charge in [0.1, 0.15) is 12.7 Å². The number of carbonyl (C=O) groups is 1. The lowest BCUT2D eigenvalue weighted by Gasteiger charge is -2.22. The van der Waals surface area contributed by atoms with Crippen molar-refractivity contribution in [2.24, 2.45) is 11.8 Å². The summed E-state index contributed by atoms with van der Waals surface area (Å²) in [6.07, 6.45) is 5.41. The van der Waals surface area contributed by atoms with Crippen molar-refractivity contribution in [1.82, 2.24) is 25.0 Å². The van der Waals surface area contributed by atoms with E-state index in [2.05, 4.69) is 15.4 Å². The van der Waals surface area contributed by atoms with Gasteiger partial charge in [-0.2, -0.15) is 5.10 Å². The Morgan fingerprint density at radius 2 is 1.88 bits per heavy atom. The smallest absolute Gasteiger partial charge is 0.254 e. The Kier molecular flexibility index (Phi) is 5.71. The molecule has 0 aliphatic carbocycles. The van der Waals surface area contributed by atoms with E-state index in [1.54, 1.807) is 11.0 Å². The minimum Gasteiger partial charge on any atom is -0.339 e. The van der Waals surface area contributed by atoms with Crippen LogP contribution >= 0.6 is 12.4 Å². The van der Waals surface area contributed by atoms with E-state index in [4.69, 9.17) is 0 Å². The average Bonchev–Trinajstić information content (AvgIpc) is 3.24. The van der Waals surface area contributed by atoms with E-state index in [9.17, 15) is 4.79 Å². The normalized spacial score (nSPS) is 22.8. The molecule has 134 valence electrons. The number of amides is 1. The second-order valence-electron chi connectivity index (χ2n) is 6.80. The molecule has 1 N–H and O–H groups in total. The third-order valence-corrected chi connectivity index (χ3v) is 5.35. The number of hydrogen-bond acceptors (Lipinski definition) is 4. The molecule has 0 radical (unpaired) electrons. The summed E-state index contributed by atoms with van der Waals surface area (Å²) in [6, 6.07) is 7.85. The van der Waals surface area contributed by atoms with Crippen LogP contribution in [0.5, 0.6) is 0 Å². The molecule has 25 heavy (non-hydrogen) atoms. The molecule has 2 aliphatic heterocycles. The Hall–Kier alpha value is -1.92. The van der Waals surface area contributed by atoms with Crippen LogP contribution in [0.1, 0.15) is 28.8 Å². The standard InChI is InChI=1S/C18H23N5O.ClH/c24-18(22-7-5-14-9-19-10-15(14)6-8-22)17-4-2-1-3-16(17)11-23-13-20-12-21-23;/h1-4,12-15,19H,5-11H2;1H/t14-,15+;. The van der Waals surface area contributed by atoms with E-state index in [-0.39, 0.29) is 18.3 Å². The molecule has 1 amide bonds. The lowest BCUT2D eigenvalue weighted by atomic mass is 9.92. The third-order valence-electron chi connectivity index (χ3n) is 5.35. The molecular weight excluding hydrogens is 338 g/mol. The Bertz CT molecular complexity index is 691. The fraction of sp³-hybridized carbons (Fsp3) is 0.500. The lowest BCUT2D eigenvalue weighted by molar-refractivity contribution is 0.0757. The largest absolute Gasteiger partial charge is 0.339 e. The number of nitrogens with zero attached hydrogens (tertiary/aromatic N) is 4. The van der Waals surface area contributed by atoms with Gasteiger partial charge in [-0.15, -0.1) is 12.4 Å². The monoisotopic (exact) mass is 361 g/mol. The summed E-state index contributed by atoms with van der Waals surface area (Å²) < 4.78 is 1.75. The van der Waals surface area contributed by atoms with Crippen LogP contribution in [-0.2, 0) is 6.54 Å². The molecular formula is C18H24ClN5O. The molecule has 2 atom stereocenters. The highest BCUT2D eigenvalue weighted by atomic mass is 35.5. The van der Waals surface area contributed by atoms with Crippen LogP contribution in [0.2, 0.25) is 0 Å². The van der Waals surface area contributed by atoms with Gasteiger partial charge in [-0.3, -0.25) is 4.79 Å². The number of halogens is 1. The minimum absolute atomic E-state index is 0. The first-order valence-electron chi connectivity index (χ1n) is 8.71. The van der Waals surface area contributed by atoms with Gasteiger partial charge in [-0.25, -0.2) is 9.67 Å². The van der Waals surface area contributed by atoms with Crippen LogP contribution in [0.3, 0.4) is 0 Å². The molecule has 3 heterocycles. The summed E-state index contributed by atoms with van der Waals surface area (Å²) in [5.41, 5.74) is 1.79. The molecule has 0 bridgehead atoms. The molecule has 2 fully saturated rings. The molecule has 6 nitrogen and oxygen atoms in total. The van der Waals surface area contributed by atoms with E-state index in [1.165, 1.54) is 6.33 Å². The van der Waals surface area contributed by atoms with E-state index in [0.717, 1.165) is 62.0 Å². The van der Waals surface area contributed by atoms with Crippen molar-refractivity contribution in [1.29, 1.82) is 0 Å². The molecule has 4 rings (SSSR count). The fourth-order valence-corrected chi connectivity index (χ4v) is 3.95. The Morgan fingerprint density at radius 1 is 1.16 bits per heavy atom. The highest BCUT2D eigenvalue weighted by molar-refractivity contribution is 5.95. The Labute approximate surface area is 154 Å². The molecule has 1 aromatic heterocycles. The number of aromatic nitrogens is 3. The molecule has 0 spiro atoms. The number of carbonyl (C=O) groups excluding carboxylic acids is 1. The van der Waals surface area contributed by atoms with Crippen molar-refractivity contribution < 1.29 is 4.79 Å². The number of benzene rings is 1. The van der Waals surface area contributed by atoms with Gasteiger partial charge in [-0.1, -0.05) is 18.2 Å². The van der Waals surface area contributed by atoms with E-state index < -0.39 is 0 Å². The van der Waals surface area contributed by atoms with Gasteiger partial charge in [0.15, 0.2) is 0 Å². The van der Waals surface area contributed by atoms with Gasteiger partial charge >= 0.3 is 0 Å². The zero-order chi connectivity index (χ0) is 16.4. The summed E-state index contributed by atoms with van der Waals surface area (Å²) >= 11 is 0. The summed E-state index contributed by atoms with van der Waals surface area (Å²) in [5, 5.41) is 7.63. The quantitative estimate of drug-likeness (QED) is 0.905. The summed E-state index contributed by atoms with van der Waals surface area (Å²) in [6.45, 7) is 4.51. The van der Waals surface area contributed by atoms with E-state index in [0.29, 0.717) is 6.54 Å². The van der Waals surface area contributed by atoms with Crippen molar-refractivity contribution in [3.63, 3.8) is 0 Å². The predicted octanol–water partition coefficient (Wildman–Crippen LogP) is 1.82. The minimum atomic E-state index is 0. The number of fused-ring (bicyclic) bond motifs is 1. The number of rotatable bonds is 3. The summed E-state index contributed by atoms with van der Waals surface area (Å²) in [4.78, 5) is 19.1. The van der Waals surface area contributed by atoms with Crippen molar-refractivity contribution in [2.45, 2.75) is 19.4 Å². The number of likely N-dealkylation sites (tertiary alicyclic amines) is 1. The molecule has 0 unspecified atom stereocenters. The maximum atomic E-state index is 13.1. The molecule has 2 saturated heterocycles. The first kappa shape index (κ1) is 17.9. The zero-order valence-corrected chi connectivity index (χ0v) is 15.0. The lowest BCUT2D eigenvalue weighted by Crippen LogP contribution is -2.33. The second-order valence-corrected chi connectivity index (χ2v) is 6.80. The molecule has 0 saturated carbocycles. The first-order valence-corrected chi connectivity index (χ1v) is 8.71. The van der Waals surface area contributed by atoms with E-state index in [1.807, 2.05) is 29.2 Å². The highest BCUT2D eigenvalue weighted by Gasteiger charge is 2.32. The van der Waals surface area contributed by atoms with Crippen LogP contribution in [0.4, 0.5) is 0 Å². The number of nitrogens with one attached hydrogen (secondary N) is 1. The molecule has 7 heteroatoms. The van der Waals surface area contributed by atoms with Gasteiger partial charge in [0.05, 0.1) is 6.54 Å². The van der Waals surface area contributed by atoms with E-state index >= 15 is 0 Å². The van der Waals surface area contributed by atoms with Crippen LogP contribution in [-0.4, -0.2) is 51.8 Å². The van der Waals surface area contributed by atoms with Gasteiger partial charge in [-0.05, 0) is 49.4 Å². The van der Waals surface area contributed by atoms with Crippen molar-refractivity contribution >= 4 is 18.3 Å². The molecule has 2 aliphatic rings. The van der Waals surface area contributed by atoms with Gasteiger partial charge < -0.3 is 10.2 Å². The molecule has 1 aromatic carbocycles. The topological polar surface area (TPSA) is 63.1 Å². The van der Waals surface area contributed by atoms with Crippen molar-refractivity contribution in [2.75, 3.05) is 26.2 Å². The van der Waals surface area contributed by atoms with Gasteiger partial charge in [0, 0.05) is 18.7 Å². The maximum absolute atomic E-state index is 13.1. The van der Waals surface area contributed by atoms with Crippen LogP contribution in [0.15, 0.2) is 36.9 Å². The van der Waals surface area contributed by atoms with Crippen LogP contribution in [0, 0.1) is 11.8 Å². The summed E-state index contributed by atoms with van der Waals surface area (Å²) in [5.74, 6) is 1.61. The van der Waals surface area contributed by atoms with Crippen molar-refractivity contribution in [3.8, 4) is 0 Å². The Morgan fingerprint density at radius 3 is 2.56 bits per heavy atom. The third kappa shape index (κ3) is 3.85. The van der Waals surface area contributed by atoms with Crippen molar-refractivity contribution in [3.05, 3.63) is 48.0 Å².